The molecule has 1 saturated heterocycles. The van der Waals surface area contributed by atoms with Gasteiger partial charge in [-0.3, -0.25) is 9.59 Å². The summed E-state index contributed by atoms with van der Waals surface area (Å²) < 4.78 is 26.4. The molecule has 0 bridgehead atoms. The lowest BCUT2D eigenvalue weighted by atomic mass is 10.1. The SMILES string of the molecule is CC(=O)Nc1cccc(N2CCN(C(=O)c3ccc(F)c(F)c3)CC2)c1. The molecule has 0 radical (unpaired) electrons. The molecule has 2 aromatic rings. The van der Waals surface area contributed by atoms with Gasteiger partial charge in [-0.25, -0.2) is 8.78 Å². The third kappa shape index (κ3) is 3.99. The molecule has 1 fully saturated rings. The Labute approximate surface area is 150 Å². The van der Waals surface area contributed by atoms with Crippen molar-refractivity contribution in [3.05, 3.63) is 59.7 Å². The normalized spacial score (nSPS) is 14.3. The van der Waals surface area contributed by atoms with E-state index in [9.17, 15) is 18.4 Å². The number of amides is 2. The molecular weight excluding hydrogens is 340 g/mol. The van der Waals surface area contributed by atoms with E-state index in [1.807, 2.05) is 24.3 Å². The first-order chi connectivity index (χ1) is 12.4. The van der Waals surface area contributed by atoms with Gasteiger partial charge in [0.25, 0.3) is 5.91 Å². The molecule has 0 aliphatic carbocycles. The first kappa shape index (κ1) is 17.8. The molecule has 26 heavy (non-hydrogen) atoms. The fraction of sp³-hybridized carbons (Fsp3) is 0.263. The number of halogens is 2. The maximum absolute atomic E-state index is 13.3. The minimum Gasteiger partial charge on any atom is -0.368 e. The van der Waals surface area contributed by atoms with Crippen molar-refractivity contribution in [1.29, 1.82) is 0 Å². The number of nitrogens with zero attached hydrogens (tertiary/aromatic N) is 2. The molecule has 2 amide bonds. The van der Waals surface area contributed by atoms with E-state index in [-0.39, 0.29) is 17.4 Å². The molecule has 1 heterocycles. The molecule has 2 aromatic carbocycles. The second kappa shape index (κ2) is 7.51. The summed E-state index contributed by atoms with van der Waals surface area (Å²) in [6.45, 7) is 3.62. The van der Waals surface area contributed by atoms with Crippen LogP contribution in [0.3, 0.4) is 0 Å². The molecule has 0 spiro atoms. The number of piperazine rings is 1. The van der Waals surface area contributed by atoms with Crippen LogP contribution in [0.1, 0.15) is 17.3 Å². The van der Waals surface area contributed by atoms with Crippen molar-refractivity contribution in [2.24, 2.45) is 0 Å². The Morgan fingerprint density at radius 2 is 1.69 bits per heavy atom. The number of carbonyl (C=O) groups excluding carboxylic acids is 2. The molecule has 1 N–H and O–H groups in total. The predicted octanol–water partition coefficient (Wildman–Crippen LogP) is 2.89. The van der Waals surface area contributed by atoms with E-state index >= 15 is 0 Å². The van der Waals surface area contributed by atoms with Crippen LogP contribution in [-0.2, 0) is 4.79 Å². The molecular formula is C19H19F2N3O2. The summed E-state index contributed by atoms with van der Waals surface area (Å²) in [6, 6.07) is 10.7. The Morgan fingerprint density at radius 1 is 0.962 bits per heavy atom. The minimum atomic E-state index is -1.02. The minimum absolute atomic E-state index is 0.135. The summed E-state index contributed by atoms with van der Waals surface area (Å²) in [5, 5.41) is 2.75. The van der Waals surface area contributed by atoms with Crippen LogP contribution >= 0.6 is 0 Å². The Bertz CT molecular complexity index is 833. The summed E-state index contributed by atoms with van der Waals surface area (Å²) in [5.74, 6) is -2.44. The van der Waals surface area contributed by atoms with Gasteiger partial charge in [-0.2, -0.15) is 0 Å². The summed E-state index contributed by atoms with van der Waals surface area (Å²) in [6.07, 6.45) is 0. The van der Waals surface area contributed by atoms with Gasteiger partial charge in [0.2, 0.25) is 5.91 Å². The smallest absolute Gasteiger partial charge is 0.254 e. The van der Waals surface area contributed by atoms with Gasteiger partial charge in [0.15, 0.2) is 11.6 Å². The summed E-state index contributed by atoms with van der Waals surface area (Å²) in [5.41, 5.74) is 1.82. The highest BCUT2D eigenvalue weighted by atomic mass is 19.2. The molecule has 1 aliphatic rings. The van der Waals surface area contributed by atoms with Crippen LogP contribution in [0.2, 0.25) is 0 Å². The van der Waals surface area contributed by atoms with E-state index < -0.39 is 11.6 Å². The molecule has 0 saturated carbocycles. The molecule has 5 nitrogen and oxygen atoms in total. The lowest BCUT2D eigenvalue weighted by molar-refractivity contribution is -0.114. The molecule has 1 aliphatic heterocycles. The van der Waals surface area contributed by atoms with Crippen molar-refractivity contribution < 1.29 is 18.4 Å². The highest BCUT2D eigenvalue weighted by Crippen LogP contribution is 2.21. The van der Waals surface area contributed by atoms with Gasteiger partial charge >= 0.3 is 0 Å². The summed E-state index contributed by atoms with van der Waals surface area (Å²) >= 11 is 0. The first-order valence-corrected chi connectivity index (χ1v) is 8.31. The van der Waals surface area contributed by atoms with Gasteiger partial charge in [0.1, 0.15) is 0 Å². The zero-order valence-corrected chi connectivity index (χ0v) is 14.3. The largest absolute Gasteiger partial charge is 0.368 e. The number of nitrogens with one attached hydrogen (secondary N) is 1. The average Bonchev–Trinajstić information content (AvgIpc) is 2.63. The van der Waals surface area contributed by atoms with Gasteiger partial charge in [-0.15, -0.1) is 0 Å². The van der Waals surface area contributed by atoms with Gasteiger partial charge in [-0.05, 0) is 36.4 Å². The quantitative estimate of drug-likeness (QED) is 0.917. The van der Waals surface area contributed by atoms with Crippen molar-refractivity contribution in [2.45, 2.75) is 6.92 Å². The standard InChI is InChI=1S/C19H19F2N3O2/c1-13(25)22-15-3-2-4-16(12-15)23-7-9-24(10-8-23)19(26)14-5-6-17(20)18(21)11-14/h2-6,11-12H,7-10H2,1H3,(H,22,25). The maximum Gasteiger partial charge on any atom is 0.254 e. The molecule has 3 rings (SSSR count). The summed E-state index contributed by atoms with van der Waals surface area (Å²) in [7, 11) is 0. The topological polar surface area (TPSA) is 52.7 Å². The van der Waals surface area contributed by atoms with Crippen molar-refractivity contribution >= 4 is 23.2 Å². The number of carbonyl (C=O) groups is 2. The second-order valence-corrected chi connectivity index (χ2v) is 6.14. The van der Waals surface area contributed by atoms with E-state index in [1.54, 1.807) is 4.90 Å². The lowest BCUT2D eigenvalue weighted by Gasteiger charge is -2.36. The average molecular weight is 359 g/mol. The highest BCUT2D eigenvalue weighted by Gasteiger charge is 2.23. The molecule has 0 atom stereocenters. The van der Waals surface area contributed by atoms with Crippen LogP contribution in [0.4, 0.5) is 20.2 Å². The van der Waals surface area contributed by atoms with Gasteiger partial charge in [0.05, 0.1) is 0 Å². The van der Waals surface area contributed by atoms with Gasteiger partial charge in [0, 0.05) is 50.0 Å². The Hall–Kier alpha value is -2.96. The Balaban J connectivity index is 1.64. The van der Waals surface area contributed by atoms with Crippen LogP contribution in [0.5, 0.6) is 0 Å². The fourth-order valence-electron chi connectivity index (χ4n) is 2.96. The predicted molar refractivity (Wildman–Crippen MR) is 95.2 cm³/mol. The number of anilines is 2. The van der Waals surface area contributed by atoms with Crippen LogP contribution in [-0.4, -0.2) is 42.9 Å². The van der Waals surface area contributed by atoms with Crippen LogP contribution in [0.15, 0.2) is 42.5 Å². The van der Waals surface area contributed by atoms with E-state index in [0.29, 0.717) is 26.2 Å². The van der Waals surface area contributed by atoms with Crippen LogP contribution in [0.25, 0.3) is 0 Å². The molecule has 136 valence electrons. The van der Waals surface area contributed by atoms with E-state index in [1.165, 1.54) is 13.0 Å². The molecule has 0 aromatic heterocycles. The first-order valence-electron chi connectivity index (χ1n) is 8.31. The van der Waals surface area contributed by atoms with Gasteiger partial charge < -0.3 is 15.1 Å². The lowest BCUT2D eigenvalue weighted by Crippen LogP contribution is -2.48. The van der Waals surface area contributed by atoms with Crippen molar-refractivity contribution in [3.63, 3.8) is 0 Å². The zero-order valence-electron chi connectivity index (χ0n) is 14.3. The number of hydrogen-bond acceptors (Lipinski definition) is 3. The monoisotopic (exact) mass is 359 g/mol. The number of rotatable bonds is 3. The second-order valence-electron chi connectivity index (χ2n) is 6.14. The Morgan fingerprint density at radius 3 is 2.35 bits per heavy atom. The third-order valence-corrected chi connectivity index (χ3v) is 4.27. The number of benzene rings is 2. The van der Waals surface area contributed by atoms with Crippen molar-refractivity contribution in [3.8, 4) is 0 Å². The summed E-state index contributed by atoms with van der Waals surface area (Å²) in [4.78, 5) is 27.4. The van der Waals surface area contributed by atoms with Crippen LogP contribution < -0.4 is 10.2 Å². The van der Waals surface area contributed by atoms with Gasteiger partial charge in [-0.1, -0.05) is 6.07 Å². The number of hydrogen-bond donors (Lipinski definition) is 1. The van der Waals surface area contributed by atoms with E-state index in [4.69, 9.17) is 0 Å². The molecule has 7 heteroatoms. The highest BCUT2D eigenvalue weighted by molar-refractivity contribution is 5.94. The van der Waals surface area contributed by atoms with E-state index in [0.717, 1.165) is 23.5 Å². The van der Waals surface area contributed by atoms with Crippen molar-refractivity contribution in [1.82, 2.24) is 4.90 Å². The fourth-order valence-corrected chi connectivity index (χ4v) is 2.96. The molecule has 0 unspecified atom stereocenters. The Kier molecular flexibility index (Phi) is 5.16. The third-order valence-electron chi connectivity index (χ3n) is 4.27. The maximum atomic E-state index is 13.3. The van der Waals surface area contributed by atoms with E-state index in [2.05, 4.69) is 10.2 Å². The van der Waals surface area contributed by atoms with Crippen LogP contribution in [0, 0.1) is 11.6 Å². The van der Waals surface area contributed by atoms with Crippen molar-refractivity contribution in [2.75, 3.05) is 36.4 Å². The zero-order chi connectivity index (χ0) is 18.7.